The molecule has 0 saturated carbocycles. The molecule has 1 aliphatic rings. The molecule has 0 bridgehead atoms. The third-order valence-electron chi connectivity index (χ3n) is 2.97. The van der Waals surface area contributed by atoms with Gasteiger partial charge in [0.1, 0.15) is 5.82 Å². The Labute approximate surface area is 109 Å². The third-order valence-corrected chi connectivity index (χ3v) is 2.97. The van der Waals surface area contributed by atoms with Crippen LogP contribution in [-0.4, -0.2) is 46.5 Å². The average Bonchev–Trinajstić information content (AvgIpc) is 2.91. The molecular formula is C12H14FN5O. The van der Waals surface area contributed by atoms with E-state index in [0.29, 0.717) is 25.7 Å². The fourth-order valence-corrected chi connectivity index (χ4v) is 1.94. The Morgan fingerprint density at radius 1 is 1.16 bits per heavy atom. The minimum absolute atomic E-state index is 0.246. The largest absolute Gasteiger partial charge is 0.378 e. The van der Waals surface area contributed by atoms with Gasteiger partial charge in [0.25, 0.3) is 5.95 Å². The zero-order valence-electron chi connectivity index (χ0n) is 10.4. The van der Waals surface area contributed by atoms with Gasteiger partial charge < -0.3 is 9.64 Å². The second kappa shape index (κ2) is 5.31. The maximum Gasteiger partial charge on any atom is 0.266 e. The van der Waals surface area contributed by atoms with E-state index in [2.05, 4.69) is 15.4 Å². The van der Waals surface area contributed by atoms with E-state index in [1.54, 1.807) is 12.1 Å². The second-order valence-electron chi connectivity index (χ2n) is 4.35. The average molecular weight is 263 g/mol. The van der Waals surface area contributed by atoms with E-state index in [0.717, 1.165) is 18.7 Å². The second-order valence-corrected chi connectivity index (χ2v) is 4.35. The molecule has 19 heavy (non-hydrogen) atoms. The molecule has 1 aliphatic heterocycles. The molecule has 1 fully saturated rings. The van der Waals surface area contributed by atoms with Gasteiger partial charge in [0, 0.05) is 13.1 Å². The molecule has 100 valence electrons. The van der Waals surface area contributed by atoms with Crippen LogP contribution in [0.25, 0.3) is 0 Å². The number of rotatable bonds is 3. The number of nitrogens with zero attached hydrogens (tertiary/aromatic N) is 5. The van der Waals surface area contributed by atoms with Crippen molar-refractivity contribution in [1.29, 1.82) is 0 Å². The molecule has 0 N–H and O–H groups in total. The first kappa shape index (κ1) is 12.0. The van der Waals surface area contributed by atoms with Gasteiger partial charge in [0.05, 0.1) is 19.8 Å². The number of halogens is 1. The Bertz CT molecular complexity index is 535. The molecule has 6 nitrogen and oxygen atoms in total. The number of tetrazole rings is 1. The maximum absolute atomic E-state index is 12.8. The Kier molecular flexibility index (Phi) is 3.37. The maximum atomic E-state index is 12.8. The van der Waals surface area contributed by atoms with Crippen LogP contribution in [0.2, 0.25) is 0 Å². The number of morpholine rings is 1. The van der Waals surface area contributed by atoms with E-state index in [9.17, 15) is 4.39 Å². The number of hydrogen-bond acceptors (Lipinski definition) is 5. The van der Waals surface area contributed by atoms with Crippen LogP contribution in [0.5, 0.6) is 0 Å². The number of ether oxygens (including phenoxy) is 1. The van der Waals surface area contributed by atoms with Crippen LogP contribution in [-0.2, 0) is 11.3 Å². The highest BCUT2D eigenvalue weighted by molar-refractivity contribution is 5.26. The summed E-state index contributed by atoms with van der Waals surface area (Å²) >= 11 is 0. The van der Waals surface area contributed by atoms with Crippen molar-refractivity contribution in [3.63, 3.8) is 0 Å². The number of hydrogen-bond donors (Lipinski definition) is 0. The summed E-state index contributed by atoms with van der Waals surface area (Å²) in [6, 6.07) is 6.28. The van der Waals surface area contributed by atoms with E-state index >= 15 is 0 Å². The molecule has 0 unspecified atom stereocenters. The minimum atomic E-state index is -0.246. The molecule has 0 radical (unpaired) electrons. The first-order valence-electron chi connectivity index (χ1n) is 6.16. The molecule has 2 aromatic rings. The summed E-state index contributed by atoms with van der Waals surface area (Å²) in [6.07, 6.45) is 0. The Balaban J connectivity index is 1.68. The van der Waals surface area contributed by atoms with Crippen LogP contribution >= 0.6 is 0 Å². The van der Waals surface area contributed by atoms with Gasteiger partial charge in [-0.2, -0.15) is 4.80 Å². The number of aromatic nitrogens is 4. The smallest absolute Gasteiger partial charge is 0.266 e. The standard InChI is InChI=1S/C12H14FN5O/c13-11-3-1-10(2-4-11)9-18-15-12(14-16-18)17-5-7-19-8-6-17/h1-4H,5-9H2. The Hall–Kier alpha value is -2.02. The Morgan fingerprint density at radius 3 is 2.63 bits per heavy atom. The van der Waals surface area contributed by atoms with E-state index < -0.39 is 0 Å². The fraction of sp³-hybridized carbons (Fsp3) is 0.417. The van der Waals surface area contributed by atoms with Crippen LogP contribution in [0.4, 0.5) is 10.3 Å². The van der Waals surface area contributed by atoms with Gasteiger partial charge in [-0.05, 0) is 22.9 Å². The predicted molar refractivity (Wildman–Crippen MR) is 66.4 cm³/mol. The summed E-state index contributed by atoms with van der Waals surface area (Å²) in [4.78, 5) is 3.55. The van der Waals surface area contributed by atoms with Crippen molar-refractivity contribution in [2.75, 3.05) is 31.2 Å². The summed E-state index contributed by atoms with van der Waals surface area (Å²) in [5, 5.41) is 12.4. The molecule has 7 heteroatoms. The first-order valence-corrected chi connectivity index (χ1v) is 6.16. The normalized spacial score (nSPS) is 15.7. The van der Waals surface area contributed by atoms with Gasteiger partial charge in [0.2, 0.25) is 0 Å². The van der Waals surface area contributed by atoms with Crippen LogP contribution in [0.15, 0.2) is 24.3 Å². The van der Waals surface area contributed by atoms with Gasteiger partial charge in [-0.15, -0.1) is 5.10 Å². The lowest BCUT2D eigenvalue weighted by Crippen LogP contribution is -2.37. The summed E-state index contributed by atoms with van der Waals surface area (Å²) in [5.41, 5.74) is 0.937. The third kappa shape index (κ3) is 2.87. The lowest BCUT2D eigenvalue weighted by Gasteiger charge is -2.24. The first-order chi connectivity index (χ1) is 9.31. The van der Waals surface area contributed by atoms with Gasteiger partial charge >= 0.3 is 0 Å². The highest BCUT2D eigenvalue weighted by Crippen LogP contribution is 2.09. The molecule has 1 aromatic carbocycles. The van der Waals surface area contributed by atoms with Crippen LogP contribution < -0.4 is 4.90 Å². The molecule has 2 heterocycles. The van der Waals surface area contributed by atoms with Crippen LogP contribution in [0.1, 0.15) is 5.56 Å². The fourth-order valence-electron chi connectivity index (χ4n) is 1.94. The van der Waals surface area contributed by atoms with Crippen molar-refractivity contribution >= 4 is 5.95 Å². The monoisotopic (exact) mass is 263 g/mol. The summed E-state index contributed by atoms with van der Waals surface area (Å²) in [6.45, 7) is 3.42. The van der Waals surface area contributed by atoms with E-state index in [-0.39, 0.29) is 5.82 Å². The van der Waals surface area contributed by atoms with Crippen molar-refractivity contribution < 1.29 is 9.13 Å². The SMILES string of the molecule is Fc1ccc(Cn2nnc(N3CCOCC3)n2)cc1. The van der Waals surface area contributed by atoms with Crippen molar-refractivity contribution in [2.24, 2.45) is 0 Å². The molecular weight excluding hydrogens is 249 g/mol. The topological polar surface area (TPSA) is 56.1 Å². The molecule has 0 atom stereocenters. The zero-order valence-corrected chi connectivity index (χ0v) is 10.4. The van der Waals surface area contributed by atoms with Gasteiger partial charge in [0.15, 0.2) is 0 Å². The minimum Gasteiger partial charge on any atom is -0.378 e. The van der Waals surface area contributed by atoms with Crippen molar-refractivity contribution in [3.8, 4) is 0 Å². The molecule has 1 aromatic heterocycles. The quantitative estimate of drug-likeness (QED) is 0.815. The molecule has 1 saturated heterocycles. The number of benzene rings is 1. The number of anilines is 1. The van der Waals surface area contributed by atoms with Gasteiger partial charge in [-0.3, -0.25) is 0 Å². The summed E-state index contributed by atoms with van der Waals surface area (Å²) < 4.78 is 18.1. The lowest BCUT2D eigenvalue weighted by molar-refractivity contribution is 0.122. The Morgan fingerprint density at radius 2 is 1.89 bits per heavy atom. The van der Waals surface area contributed by atoms with Crippen molar-refractivity contribution in [3.05, 3.63) is 35.6 Å². The molecule has 3 rings (SSSR count). The van der Waals surface area contributed by atoms with E-state index in [1.807, 2.05) is 4.90 Å². The molecule has 0 spiro atoms. The van der Waals surface area contributed by atoms with Crippen LogP contribution in [0, 0.1) is 5.82 Å². The van der Waals surface area contributed by atoms with E-state index in [4.69, 9.17) is 4.74 Å². The zero-order chi connectivity index (χ0) is 13.1. The van der Waals surface area contributed by atoms with E-state index in [1.165, 1.54) is 16.9 Å². The van der Waals surface area contributed by atoms with Crippen LogP contribution in [0.3, 0.4) is 0 Å². The predicted octanol–water partition coefficient (Wildman–Crippen LogP) is 0.697. The van der Waals surface area contributed by atoms with Gasteiger partial charge in [-0.1, -0.05) is 17.2 Å². The summed E-state index contributed by atoms with van der Waals surface area (Å²) in [5.74, 6) is 0.370. The van der Waals surface area contributed by atoms with Crippen molar-refractivity contribution in [2.45, 2.75) is 6.54 Å². The lowest BCUT2D eigenvalue weighted by atomic mass is 10.2. The highest BCUT2D eigenvalue weighted by Gasteiger charge is 2.15. The highest BCUT2D eigenvalue weighted by atomic mass is 19.1. The van der Waals surface area contributed by atoms with Gasteiger partial charge in [-0.25, -0.2) is 4.39 Å². The van der Waals surface area contributed by atoms with Crippen molar-refractivity contribution in [1.82, 2.24) is 20.2 Å². The molecule has 0 amide bonds. The molecule has 0 aliphatic carbocycles. The summed E-state index contributed by atoms with van der Waals surface area (Å²) in [7, 11) is 0.